The lowest BCUT2D eigenvalue weighted by Crippen LogP contribution is -2.29. The Hall–Kier alpha value is -3.28. The van der Waals surface area contributed by atoms with E-state index in [2.05, 4.69) is 0 Å². The number of hydrogen-bond donors (Lipinski definition) is 1. The summed E-state index contributed by atoms with van der Waals surface area (Å²) in [5, 5.41) is 11.8. The Labute approximate surface area is 208 Å². The van der Waals surface area contributed by atoms with Crippen LogP contribution in [0.3, 0.4) is 0 Å². The highest BCUT2D eigenvalue weighted by Gasteiger charge is 2.47. The van der Waals surface area contributed by atoms with Crippen molar-refractivity contribution in [2.75, 3.05) is 4.90 Å². The number of ether oxygens (including phenoxy) is 1. The highest BCUT2D eigenvalue weighted by Crippen LogP contribution is 2.44. The van der Waals surface area contributed by atoms with E-state index < -0.39 is 17.7 Å². The fourth-order valence-electron chi connectivity index (χ4n) is 4.04. The first-order valence-corrected chi connectivity index (χ1v) is 11.5. The Kier molecular flexibility index (Phi) is 6.69. The van der Waals surface area contributed by atoms with E-state index >= 15 is 0 Å². The summed E-state index contributed by atoms with van der Waals surface area (Å²) in [7, 11) is 0. The minimum Gasteiger partial charge on any atom is -0.507 e. The Morgan fingerprint density at radius 3 is 2.26 bits per heavy atom. The van der Waals surface area contributed by atoms with Gasteiger partial charge < -0.3 is 9.84 Å². The minimum atomic E-state index is -0.843. The van der Waals surface area contributed by atoms with Crippen LogP contribution in [0.15, 0.2) is 72.3 Å². The number of rotatable bonds is 5. The summed E-state index contributed by atoms with van der Waals surface area (Å²) in [4.78, 5) is 27.9. The Morgan fingerprint density at radius 2 is 1.65 bits per heavy atom. The van der Waals surface area contributed by atoms with Gasteiger partial charge in [0, 0.05) is 11.3 Å². The number of aliphatic hydroxyl groups is 1. The van der Waals surface area contributed by atoms with Gasteiger partial charge in [-0.3, -0.25) is 14.5 Å². The van der Waals surface area contributed by atoms with Gasteiger partial charge in [-0.25, -0.2) is 0 Å². The second-order valence-electron chi connectivity index (χ2n) is 8.32. The zero-order chi connectivity index (χ0) is 24.6. The molecule has 0 aliphatic carbocycles. The fraction of sp³-hybridized carbons (Fsp3) is 0.185. The van der Waals surface area contributed by atoms with Crippen molar-refractivity contribution in [1.82, 2.24) is 0 Å². The van der Waals surface area contributed by atoms with Crippen molar-refractivity contribution in [2.45, 2.75) is 32.9 Å². The molecule has 1 unspecified atom stereocenters. The van der Waals surface area contributed by atoms with Crippen LogP contribution in [0.1, 0.15) is 36.6 Å². The molecule has 3 aromatic carbocycles. The third-order valence-electron chi connectivity index (χ3n) is 5.61. The Morgan fingerprint density at radius 1 is 0.971 bits per heavy atom. The van der Waals surface area contributed by atoms with Crippen LogP contribution in [0.5, 0.6) is 5.75 Å². The van der Waals surface area contributed by atoms with Gasteiger partial charge in [0.05, 0.1) is 27.8 Å². The van der Waals surface area contributed by atoms with E-state index in [4.69, 9.17) is 27.9 Å². The van der Waals surface area contributed by atoms with E-state index in [0.717, 1.165) is 5.56 Å². The molecule has 7 heteroatoms. The van der Waals surface area contributed by atoms with Crippen molar-refractivity contribution in [3.8, 4) is 5.75 Å². The van der Waals surface area contributed by atoms with E-state index in [1.54, 1.807) is 42.5 Å². The maximum absolute atomic E-state index is 13.3. The number of Topliss-reactive ketones (excluding diaryl/α,β-unsaturated/α-hetero) is 1. The molecule has 0 radical (unpaired) electrons. The molecule has 0 spiro atoms. The smallest absolute Gasteiger partial charge is 0.300 e. The molecule has 1 N–H and O–H groups in total. The summed E-state index contributed by atoms with van der Waals surface area (Å²) in [5.74, 6) is -1.16. The molecule has 1 saturated heterocycles. The van der Waals surface area contributed by atoms with Crippen molar-refractivity contribution in [3.05, 3.63) is 99.0 Å². The van der Waals surface area contributed by atoms with Gasteiger partial charge in [0.25, 0.3) is 11.7 Å². The van der Waals surface area contributed by atoms with Gasteiger partial charge in [-0.15, -0.1) is 0 Å². The highest BCUT2D eigenvalue weighted by molar-refractivity contribution is 6.52. The fourth-order valence-corrected chi connectivity index (χ4v) is 4.33. The molecule has 0 bridgehead atoms. The predicted molar refractivity (Wildman–Crippen MR) is 135 cm³/mol. The number of benzene rings is 3. The van der Waals surface area contributed by atoms with Gasteiger partial charge in [0.1, 0.15) is 11.5 Å². The van der Waals surface area contributed by atoms with Crippen LogP contribution in [0.25, 0.3) is 5.76 Å². The van der Waals surface area contributed by atoms with Crippen LogP contribution in [0, 0.1) is 6.92 Å². The van der Waals surface area contributed by atoms with Crippen molar-refractivity contribution in [3.63, 3.8) is 0 Å². The van der Waals surface area contributed by atoms with Gasteiger partial charge in [0.2, 0.25) is 0 Å². The Bertz CT molecular complexity index is 1300. The molecule has 34 heavy (non-hydrogen) atoms. The quantitative estimate of drug-likeness (QED) is 0.242. The van der Waals surface area contributed by atoms with Crippen LogP contribution in [-0.2, 0) is 9.59 Å². The Balaban J connectivity index is 1.90. The van der Waals surface area contributed by atoms with E-state index in [1.807, 2.05) is 45.0 Å². The molecular weight excluding hydrogens is 473 g/mol. The summed E-state index contributed by atoms with van der Waals surface area (Å²) in [6, 6.07) is 18.1. The molecule has 1 aliphatic rings. The van der Waals surface area contributed by atoms with Crippen molar-refractivity contribution in [1.29, 1.82) is 0 Å². The molecular formula is C27H23Cl2NO4. The first-order chi connectivity index (χ1) is 16.2. The summed E-state index contributed by atoms with van der Waals surface area (Å²) in [6.07, 6.45) is -0.00275. The molecule has 1 atom stereocenters. The zero-order valence-corrected chi connectivity index (χ0v) is 20.4. The summed E-state index contributed by atoms with van der Waals surface area (Å²) in [5.41, 5.74) is 2.40. The largest absolute Gasteiger partial charge is 0.507 e. The highest BCUT2D eigenvalue weighted by atomic mass is 35.5. The second-order valence-corrected chi connectivity index (χ2v) is 9.13. The second kappa shape index (κ2) is 9.53. The molecule has 1 amide bonds. The zero-order valence-electron chi connectivity index (χ0n) is 18.9. The van der Waals surface area contributed by atoms with Crippen LogP contribution in [-0.4, -0.2) is 22.9 Å². The molecule has 1 heterocycles. The normalized spacial score (nSPS) is 17.5. The average molecular weight is 496 g/mol. The number of amides is 1. The van der Waals surface area contributed by atoms with E-state index in [-0.39, 0.29) is 22.5 Å². The van der Waals surface area contributed by atoms with Gasteiger partial charge in [-0.1, -0.05) is 47.5 Å². The van der Waals surface area contributed by atoms with E-state index in [0.29, 0.717) is 27.6 Å². The molecule has 1 aliphatic heterocycles. The third-order valence-corrected chi connectivity index (χ3v) is 6.35. The van der Waals surface area contributed by atoms with Crippen LogP contribution < -0.4 is 9.64 Å². The van der Waals surface area contributed by atoms with E-state index in [9.17, 15) is 14.7 Å². The molecule has 174 valence electrons. The van der Waals surface area contributed by atoms with Gasteiger partial charge >= 0.3 is 0 Å². The summed E-state index contributed by atoms with van der Waals surface area (Å²) < 4.78 is 5.66. The standard InChI is InChI=1S/C27H23Cl2NO4/c1-15(2)34-19-11-8-17(9-12-19)25(31)23-24(20-7-5-4-6-16(20)3)30(27(33)26(23)32)18-10-13-21(28)22(29)14-18/h4-15,24,31H,1-3H3/b25-23+. The number of aryl methyl sites for hydroxylation is 1. The minimum absolute atomic E-state index is 0.00269. The number of ketones is 1. The van der Waals surface area contributed by atoms with Crippen LogP contribution in [0.2, 0.25) is 10.0 Å². The van der Waals surface area contributed by atoms with Gasteiger partial charge in [-0.05, 0) is 74.4 Å². The van der Waals surface area contributed by atoms with E-state index in [1.165, 1.54) is 4.90 Å². The van der Waals surface area contributed by atoms with Crippen molar-refractivity contribution >= 4 is 46.3 Å². The topological polar surface area (TPSA) is 66.8 Å². The lowest BCUT2D eigenvalue weighted by atomic mass is 9.92. The van der Waals surface area contributed by atoms with Gasteiger partial charge in [0.15, 0.2) is 0 Å². The first-order valence-electron chi connectivity index (χ1n) is 10.8. The van der Waals surface area contributed by atoms with Gasteiger partial charge in [-0.2, -0.15) is 0 Å². The summed E-state index contributed by atoms with van der Waals surface area (Å²) in [6.45, 7) is 5.73. The number of carbonyl (C=O) groups excluding carboxylic acids is 2. The molecule has 3 aromatic rings. The monoisotopic (exact) mass is 495 g/mol. The summed E-state index contributed by atoms with van der Waals surface area (Å²) >= 11 is 12.3. The van der Waals surface area contributed by atoms with Crippen molar-refractivity contribution in [2.24, 2.45) is 0 Å². The number of hydrogen-bond acceptors (Lipinski definition) is 4. The maximum atomic E-state index is 13.3. The average Bonchev–Trinajstić information content (AvgIpc) is 3.06. The number of nitrogens with zero attached hydrogens (tertiary/aromatic N) is 1. The maximum Gasteiger partial charge on any atom is 0.300 e. The molecule has 5 nitrogen and oxygen atoms in total. The first kappa shape index (κ1) is 23.9. The molecule has 1 fully saturated rings. The predicted octanol–water partition coefficient (Wildman–Crippen LogP) is 6.72. The number of carbonyl (C=O) groups is 2. The number of halogens is 2. The van der Waals surface area contributed by atoms with Crippen LogP contribution in [0.4, 0.5) is 5.69 Å². The SMILES string of the molecule is Cc1ccccc1C1/C(=C(\O)c2ccc(OC(C)C)cc2)C(=O)C(=O)N1c1ccc(Cl)c(Cl)c1. The van der Waals surface area contributed by atoms with Crippen LogP contribution >= 0.6 is 23.2 Å². The molecule has 0 aromatic heterocycles. The lowest BCUT2D eigenvalue weighted by Gasteiger charge is -2.27. The number of anilines is 1. The number of aliphatic hydroxyl groups excluding tert-OH is 1. The van der Waals surface area contributed by atoms with Crippen molar-refractivity contribution < 1.29 is 19.4 Å². The third kappa shape index (κ3) is 4.41. The molecule has 0 saturated carbocycles. The molecule has 4 rings (SSSR count). The lowest BCUT2D eigenvalue weighted by molar-refractivity contribution is -0.132.